The van der Waals surface area contributed by atoms with Gasteiger partial charge >= 0.3 is 0 Å². The van der Waals surface area contributed by atoms with Gasteiger partial charge in [-0.05, 0) is 23.8 Å². The van der Waals surface area contributed by atoms with Crippen LogP contribution >= 0.6 is 0 Å². The number of nitrogens with two attached hydrogens (primary N) is 1. The molecule has 0 saturated heterocycles. The maximum Gasteiger partial charge on any atom is 0.0991 e. The van der Waals surface area contributed by atoms with Crippen molar-refractivity contribution in [2.45, 2.75) is 0 Å². The number of nitriles is 1. The molecule has 2 N–H and O–H groups in total. The molecule has 1 rings (SSSR count). The molecule has 1 aromatic carbocycles. The largest absolute Gasteiger partial charge is 0.399 e. The summed E-state index contributed by atoms with van der Waals surface area (Å²) in [5.41, 5.74) is 7.46. The van der Waals surface area contributed by atoms with E-state index in [1.165, 1.54) is 0 Å². The van der Waals surface area contributed by atoms with Gasteiger partial charge in [0.1, 0.15) is 0 Å². The molecule has 64 valence electrons. The van der Waals surface area contributed by atoms with Crippen LogP contribution in [0.25, 0.3) is 6.08 Å². The SMILES string of the molecule is C=C(N)/C=C\c1cccc(C#N)c1. The molecule has 0 aliphatic carbocycles. The highest BCUT2D eigenvalue weighted by Crippen LogP contribution is 2.06. The zero-order valence-corrected chi connectivity index (χ0v) is 7.20. The highest BCUT2D eigenvalue weighted by atomic mass is 14.5. The lowest BCUT2D eigenvalue weighted by Crippen LogP contribution is -1.88. The second-order valence-electron chi connectivity index (χ2n) is 2.65. The van der Waals surface area contributed by atoms with Gasteiger partial charge in [-0.25, -0.2) is 0 Å². The predicted octanol–water partition coefficient (Wildman–Crippen LogP) is 2.04. The number of benzene rings is 1. The molecule has 0 radical (unpaired) electrons. The quantitative estimate of drug-likeness (QED) is 0.690. The molecular formula is C11H10N2. The average molecular weight is 170 g/mol. The van der Waals surface area contributed by atoms with Crippen LogP contribution in [0, 0.1) is 11.3 Å². The average Bonchev–Trinajstić information content (AvgIpc) is 2.15. The molecule has 0 aromatic heterocycles. The van der Waals surface area contributed by atoms with E-state index in [0.717, 1.165) is 5.56 Å². The van der Waals surface area contributed by atoms with Crippen molar-refractivity contribution in [1.82, 2.24) is 0 Å². The lowest BCUT2D eigenvalue weighted by Gasteiger charge is -1.93. The van der Waals surface area contributed by atoms with Crippen LogP contribution in [0.2, 0.25) is 0 Å². The first-order valence-corrected chi connectivity index (χ1v) is 3.85. The number of nitrogens with zero attached hydrogens (tertiary/aromatic N) is 1. The summed E-state index contributed by atoms with van der Waals surface area (Å²) in [4.78, 5) is 0. The van der Waals surface area contributed by atoms with Crippen molar-refractivity contribution in [3.05, 3.63) is 53.7 Å². The van der Waals surface area contributed by atoms with E-state index >= 15 is 0 Å². The van der Waals surface area contributed by atoms with Crippen molar-refractivity contribution in [3.8, 4) is 6.07 Å². The Labute approximate surface area is 77.6 Å². The Morgan fingerprint density at radius 1 is 1.54 bits per heavy atom. The molecule has 0 amide bonds. The molecule has 0 aliphatic heterocycles. The summed E-state index contributed by atoms with van der Waals surface area (Å²) >= 11 is 0. The van der Waals surface area contributed by atoms with Gasteiger partial charge in [-0.15, -0.1) is 0 Å². The molecular weight excluding hydrogens is 160 g/mol. The molecule has 1 aromatic rings. The fraction of sp³-hybridized carbons (Fsp3) is 0. The van der Waals surface area contributed by atoms with Crippen molar-refractivity contribution in [2.75, 3.05) is 0 Å². The smallest absolute Gasteiger partial charge is 0.0991 e. The molecule has 0 bridgehead atoms. The van der Waals surface area contributed by atoms with E-state index in [0.29, 0.717) is 11.3 Å². The minimum absolute atomic E-state index is 0.502. The molecule has 2 heteroatoms. The van der Waals surface area contributed by atoms with Gasteiger partial charge in [0.05, 0.1) is 11.6 Å². The van der Waals surface area contributed by atoms with Crippen LogP contribution < -0.4 is 5.73 Å². The third-order valence-corrected chi connectivity index (χ3v) is 1.51. The van der Waals surface area contributed by atoms with Gasteiger partial charge in [-0.3, -0.25) is 0 Å². The normalized spacial score (nSPS) is 9.77. The molecule has 0 spiro atoms. The summed E-state index contributed by atoms with van der Waals surface area (Å²) in [6.07, 6.45) is 3.53. The summed E-state index contributed by atoms with van der Waals surface area (Å²) in [6, 6.07) is 9.35. The van der Waals surface area contributed by atoms with E-state index < -0.39 is 0 Å². The topological polar surface area (TPSA) is 49.8 Å². The maximum absolute atomic E-state index is 8.62. The molecule has 0 aliphatic rings. The van der Waals surface area contributed by atoms with Gasteiger partial charge in [0.25, 0.3) is 0 Å². The van der Waals surface area contributed by atoms with E-state index in [1.54, 1.807) is 18.2 Å². The third kappa shape index (κ3) is 2.84. The number of allylic oxidation sites excluding steroid dienone is 1. The summed E-state index contributed by atoms with van der Waals surface area (Å²) in [6.45, 7) is 3.54. The van der Waals surface area contributed by atoms with Crippen LogP contribution in [0.4, 0.5) is 0 Å². The number of hydrogen-bond donors (Lipinski definition) is 1. The zero-order chi connectivity index (χ0) is 9.68. The van der Waals surface area contributed by atoms with Crippen LogP contribution in [-0.2, 0) is 0 Å². The van der Waals surface area contributed by atoms with Crippen LogP contribution in [-0.4, -0.2) is 0 Å². The molecule has 0 fully saturated rings. The lowest BCUT2D eigenvalue weighted by molar-refractivity contribution is 1.46. The Hall–Kier alpha value is -2.01. The Morgan fingerprint density at radius 2 is 2.31 bits per heavy atom. The first kappa shape index (κ1) is 9.08. The second-order valence-corrected chi connectivity index (χ2v) is 2.65. The van der Waals surface area contributed by atoms with Crippen LogP contribution in [0.5, 0.6) is 0 Å². The second kappa shape index (κ2) is 4.13. The van der Waals surface area contributed by atoms with E-state index in [2.05, 4.69) is 12.6 Å². The Kier molecular flexibility index (Phi) is 2.88. The number of hydrogen-bond acceptors (Lipinski definition) is 2. The highest BCUT2D eigenvalue weighted by Gasteiger charge is 1.89. The monoisotopic (exact) mass is 170 g/mol. The van der Waals surface area contributed by atoms with E-state index in [-0.39, 0.29) is 0 Å². The fourth-order valence-electron chi connectivity index (χ4n) is 0.915. The Morgan fingerprint density at radius 3 is 2.92 bits per heavy atom. The summed E-state index contributed by atoms with van der Waals surface area (Å²) in [7, 11) is 0. The first-order valence-electron chi connectivity index (χ1n) is 3.85. The Balaban J connectivity index is 2.91. The van der Waals surface area contributed by atoms with Crippen molar-refractivity contribution in [3.63, 3.8) is 0 Å². The molecule has 0 atom stereocenters. The van der Waals surface area contributed by atoms with Gasteiger partial charge in [0, 0.05) is 5.70 Å². The molecule has 0 heterocycles. The van der Waals surface area contributed by atoms with Crippen LogP contribution in [0.15, 0.2) is 42.6 Å². The van der Waals surface area contributed by atoms with Crippen LogP contribution in [0.3, 0.4) is 0 Å². The van der Waals surface area contributed by atoms with Gasteiger partial charge in [0.15, 0.2) is 0 Å². The zero-order valence-electron chi connectivity index (χ0n) is 7.20. The first-order chi connectivity index (χ1) is 6.22. The molecule has 0 unspecified atom stereocenters. The minimum Gasteiger partial charge on any atom is -0.399 e. The molecule has 0 saturated carbocycles. The van der Waals surface area contributed by atoms with Gasteiger partial charge in [-0.1, -0.05) is 24.8 Å². The van der Waals surface area contributed by atoms with Crippen molar-refractivity contribution in [1.29, 1.82) is 5.26 Å². The van der Waals surface area contributed by atoms with E-state index in [1.807, 2.05) is 18.2 Å². The van der Waals surface area contributed by atoms with Crippen molar-refractivity contribution >= 4 is 6.08 Å². The van der Waals surface area contributed by atoms with Gasteiger partial charge in [-0.2, -0.15) is 5.26 Å². The Bertz CT molecular complexity index is 383. The summed E-state index contributed by atoms with van der Waals surface area (Å²) in [5.74, 6) is 0. The fourth-order valence-corrected chi connectivity index (χ4v) is 0.915. The van der Waals surface area contributed by atoms with Crippen LogP contribution in [0.1, 0.15) is 11.1 Å². The van der Waals surface area contributed by atoms with Crippen molar-refractivity contribution in [2.24, 2.45) is 5.73 Å². The molecule has 13 heavy (non-hydrogen) atoms. The third-order valence-electron chi connectivity index (χ3n) is 1.51. The highest BCUT2D eigenvalue weighted by molar-refractivity contribution is 5.54. The van der Waals surface area contributed by atoms with Crippen molar-refractivity contribution < 1.29 is 0 Å². The van der Waals surface area contributed by atoms with Gasteiger partial charge in [0.2, 0.25) is 0 Å². The number of rotatable bonds is 2. The predicted molar refractivity (Wildman–Crippen MR) is 53.5 cm³/mol. The molecule has 2 nitrogen and oxygen atoms in total. The summed E-state index contributed by atoms with van der Waals surface area (Å²) in [5, 5.41) is 8.62. The minimum atomic E-state index is 0.502. The standard InChI is InChI=1S/C11H10N2/c1-9(13)5-6-10-3-2-4-11(7-10)8-12/h2-7H,1,13H2/b6-5-. The van der Waals surface area contributed by atoms with E-state index in [9.17, 15) is 0 Å². The van der Waals surface area contributed by atoms with E-state index in [4.69, 9.17) is 11.0 Å². The maximum atomic E-state index is 8.62. The van der Waals surface area contributed by atoms with Gasteiger partial charge < -0.3 is 5.73 Å². The summed E-state index contributed by atoms with van der Waals surface area (Å²) < 4.78 is 0. The lowest BCUT2D eigenvalue weighted by atomic mass is 10.1.